The number of para-hydroxylation sites is 2. The van der Waals surface area contributed by atoms with E-state index in [0.717, 1.165) is 40.0 Å². The molecule has 0 spiro atoms. The van der Waals surface area contributed by atoms with Gasteiger partial charge in [0.1, 0.15) is 0 Å². The molecule has 4 nitrogen and oxygen atoms in total. The second-order valence-corrected chi connectivity index (χ2v) is 15.8. The Kier molecular flexibility index (Phi) is 9.67. The van der Waals surface area contributed by atoms with Gasteiger partial charge in [-0.25, -0.2) is 0 Å². The lowest BCUT2D eigenvalue weighted by Gasteiger charge is -2.12. The Labute approximate surface area is 351 Å². The summed E-state index contributed by atoms with van der Waals surface area (Å²) in [5, 5.41) is 4.96. The largest absolute Gasteiger partial charge is 0.398 e. The highest BCUT2D eigenvalue weighted by atomic mass is 15.0. The number of benzene rings is 8. The van der Waals surface area contributed by atoms with Gasteiger partial charge in [-0.15, -0.1) is 0 Å². The van der Waals surface area contributed by atoms with Crippen LogP contribution in [0.15, 0.2) is 205 Å². The zero-order valence-corrected chi connectivity index (χ0v) is 34.0. The van der Waals surface area contributed by atoms with E-state index in [0.29, 0.717) is 18.2 Å². The van der Waals surface area contributed by atoms with Crippen LogP contribution in [0.4, 0.5) is 0 Å². The molecule has 0 bridgehead atoms. The predicted molar refractivity (Wildman–Crippen MR) is 255 cm³/mol. The Morgan fingerprint density at radius 3 is 1.55 bits per heavy atom. The van der Waals surface area contributed by atoms with Gasteiger partial charge in [-0.1, -0.05) is 147 Å². The van der Waals surface area contributed by atoms with E-state index in [2.05, 4.69) is 181 Å². The zero-order chi connectivity index (χ0) is 40.6. The van der Waals surface area contributed by atoms with Gasteiger partial charge in [-0.2, -0.15) is 0 Å². The monoisotopic (exact) mass is 774 g/mol. The number of allylic oxidation sites excluding steroid dienone is 1. The predicted octanol–water partition coefficient (Wildman–Crippen LogP) is 14.1. The van der Waals surface area contributed by atoms with E-state index in [9.17, 15) is 0 Å². The Balaban J connectivity index is 1.03. The minimum absolute atomic E-state index is 0.545. The van der Waals surface area contributed by atoms with E-state index in [1.54, 1.807) is 0 Å². The van der Waals surface area contributed by atoms with E-state index in [1.165, 1.54) is 60.5 Å². The lowest BCUT2D eigenvalue weighted by molar-refractivity contribution is 0.733. The quantitative estimate of drug-likeness (QED) is 0.138. The third-order valence-electron chi connectivity index (χ3n) is 12.1. The third kappa shape index (κ3) is 6.76. The summed E-state index contributed by atoms with van der Waals surface area (Å²) in [7, 11) is 0. The van der Waals surface area contributed by atoms with E-state index in [-0.39, 0.29) is 0 Å². The fourth-order valence-electron chi connectivity index (χ4n) is 8.67. The molecule has 0 aliphatic carbocycles. The van der Waals surface area contributed by atoms with Gasteiger partial charge in [0.15, 0.2) is 0 Å². The Hall–Kier alpha value is -7.43. The van der Waals surface area contributed by atoms with E-state index in [1.807, 2.05) is 42.5 Å². The van der Waals surface area contributed by atoms with Crippen LogP contribution in [0, 0.1) is 0 Å². The first-order valence-corrected chi connectivity index (χ1v) is 20.9. The van der Waals surface area contributed by atoms with Crippen molar-refractivity contribution in [1.29, 1.82) is 0 Å². The molecule has 0 aliphatic heterocycles. The molecule has 60 heavy (non-hydrogen) atoms. The van der Waals surface area contributed by atoms with Gasteiger partial charge in [-0.3, -0.25) is 4.99 Å². The van der Waals surface area contributed by atoms with Gasteiger partial charge < -0.3 is 14.9 Å². The van der Waals surface area contributed by atoms with Crippen LogP contribution in [-0.2, 0) is 6.54 Å². The topological polar surface area (TPSA) is 48.2 Å². The summed E-state index contributed by atoms with van der Waals surface area (Å²) >= 11 is 0. The number of hydrogen-bond donors (Lipinski definition) is 1. The van der Waals surface area contributed by atoms with Crippen molar-refractivity contribution in [3.8, 4) is 22.5 Å². The first-order valence-electron chi connectivity index (χ1n) is 20.9. The molecule has 290 valence electrons. The Morgan fingerprint density at radius 1 is 0.517 bits per heavy atom. The fourth-order valence-corrected chi connectivity index (χ4v) is 8.67. The summed E-state index contributed by atoms with van der Waals surface area (Å²) < 4.78 is 4.78. The molecule has 10 aromatic rings. The molecule has 0 aliphatic rings. The highest BCUT2D eigenvalue weighted by molar-refractivity contribution is 6.14. The van der Waals surface area contributed by atoms with E-state index >= 15 is 0 Å². The van der Waals surface area contributed by atoms with Crippen molar-refractivity contribution in [2.45, 2.75) is 32.7 Å². The molecule has 2 heterocycles. The summed E-state index contributed by atoms with van der Waals surface area (Å²) in [5.74, 6) is 0.545. The highest BCUT2D eigenvalue weighted by Gasteiger charge is 2.17. The number of nitrogens with zero attached hydrogens (tertiary/aromatic N) is 3. The lowest BCUT2D eigenvalue weighted by Crippen LogP contribution is -2.05. The maximum atomic E-state index is 6.66. The molecule has 0 amide bonds. The van der Waals surface area contributed by atoms with Crippen molar-refractivity contribution >= 4 is 55.0 Å². The fraction of sp³-hybridized carbons (Fsp3) is 0.0893. The number of fused-ring (bicyclic) bond motifs is 6. The summed E-state index contributed by atoms with van der Waals surface area (Å²) in [4.78, 5) is 5.08. The SMILES string of the molecule is CCC(C)c1ccc(-n2c3ccccc3c3cc(-c4ccc5c(c4)c4ccccc4n5-c4ccc(C(/C=C(\N)c5ccccc5)=NCc5ccccc5)cc4)ccc32)cc1. The van der Waals surface area contributed by atoms with Gasteiger partial charge in [0.25, 0.3) is 0 Å². The average Bonchev–Trinajstić information content (AvgIpc) is 3.83. The molecule has 1 atom stereocenters. The average molecular weight is 775 g/mol. The maximum Gasteiger partial charge on any atom is 0.0671 e. The van der Waals surface area contributed by atoms with Crippen LogP contribution in [0.2, 0.25) is 0 Å². The first-order chi connectivity index (χ1) is 29.5. The molecule has 2 N–H and O–H groups in total. The summed E-state index contributed by atoms with van der Waals surface area (Å²) in [6, 6.07) is 69.6. The molecule has 10 rings (SSSR count). The van der Waals surface area contributed by atoms with Crippen LogP contribution in [0.25, 0.3) is 71.8 Å². The highest BCUT2D eigenvalue weighted by Crippen LogP contribution is 2.38. The minimum atomic E-state index is 0.545. The number of aromatic nitrogens is 2. The van der Waals surface area contributed by atoms with Crippen LogP contribution in [0.1, 0.15) is 48.4 Å². The minimum Gasteiger partial charge on any atom is -0.398 e. The van der Waals surface area contributed by atoms with Crippen LogP contribution < -0.4 is 5.73 Å². The molecular formula is C56H46N4. The lowest BCUT2D eigenvalue weighted by atomic mass is 9.98. The second-order valence-electron chi connectivity index (χ2n) is 15.8. The first kappa shape index (κ1) is 36.9. The van der Waals surface area contributed by atoms with Gasteiger partial charge >= 0.3 is 0 Å². The normalized spacial score (nSPS) is 12.8. The molecule has 2 aromatic heterocycles. The number of rotatable bonds is 10. The Bertz CT molecular complexity index is 3200. The molecule has 8 aromatic carbocycles. The van der Waals surface area contributed by atoms with Crippen molar-refractivity contribution in [2.24, 2.45) is 10.7 Å². The van der Waals surface area contributed by atoms with Gasteiger partial charge in [0.05, 0.1) is 34.3 Å². The standard InChI is InChI=1S/C56H46N4/c1-3-38(2)40-22-28-45(29-23-40)59-53-20-12-10-18-47(53)49-34-43(26-32-55(49)59)44-27-33-56-50(35-44)48-19-11-13-21-54(48)60(56)46-30-24-42(25-31-46)52(58-37-39-14-6-4-7-15-39)36-51(57)41-16-8-5-9-17-41/h4-36,38H,3,37,57H2,1-2H3/b51-36-,58-52?. The van der Waals surface area contributed by atoms with E-state index < -0.39 is 0 Å². The maximum absolute atomic E-state index is 6.66. The van der Waals surface area contributed by atoms with E-state index in [4.69, 9.17) is 10.7 Å². The van der Waals surface area contributed by atoms with Crippen molar-refractivity contribution < 1.29 is 0 Å². The van der Waals surface area contributed by atoms with Crippen molar-refractivity contribution in [2.75, 3.05) is 0 Å². The van der Waals surface area contributed by atoms with Crippen molar-refractivity contribution in [3.63, 3.8) is 0 Å². The molecule has 0 saturated carbocycles. The van der Waals surface area contributed by atoms with Crippen molar-refractivity contribution in [3.05, 3.63) is 222 Å². The molecular weight excluding hydrogens is 729 g/mol. The van der Waals surface area contributed by atoms with Crippen LogP contribution in [0.3, 0.4) is 0 Å². The third-order valence-corrected chi connectivity index (χ3v) is 12.1. The summed E-state index contributed by atoms with van der Waals surface area (Å²) in [6.07, 6.45) is 3.13. The van der Waals surface area contributed by atoms with Crippen LogP contribution >= 0.6 is 0 Å². The Morgan fingerprint density at radius 2 is 1.00 bits per heavy atom. The summed E-state index contributed by atoms with van der Waals surface area (Å²) in [5.41, 5.74) is 22.1. The smallest absolute Gasteiger partial charge is 0.0671 e. The van der Waals surface area contributed by atoms with Crippen molar-refractivity contribution in [1.82, 2.24) is 9.13 Å². The second kappa shape index (κ2) is 15.7. The molecule has 1 unspecified atom stereocenters. The van der Waals surface area contributed by atoms with Gasteiger partial charge in [0, 0.05) is 38.6 Å². The number of nitrogens with two attached hydrogens (primary N) is 1. The molecule has 4 heteroatoms. The van der Waals surface area contributed by atoms with Crippen LogP contribution in [0.5, 0.6) is 0 Å². The number of aliphatic imine (C=N–C) groups is 1. The zero-order valence-electron chi connectivity index (χ0n) is 34.0. The number of hydrogen-bond acceptors (Lipinski definition) is 2. The summed E-state index contributed by atoms with van der Waals surface area (Å²) in [6.45, 7) is 5.11. The molecule has 0 radical (unpaired) electrons. The molecule has 0 fully saturated rings. The van der Waals surface area contributed by atoms with Gasteiger partial charge in [0.2, 0.25) is 0 Å². The van der Waals surface area contributed by atoms with Crippen LogP contribution in [-0.4, -0.2) is 14.8 Å². The van der Waals surface area contributed by atoms with Gasteiger partial charge in [-0.05, 0) is 112 Å². The molecule has 0 saturated heterocycles.